The normalized spacial score (nSPS) is 26.2. The summed E-state index contributed by atoms with van der Waals surface area (Å²) < 4.78 is 1.23. The lowest BCUT2D eigenvalue weighted by Gasteiger charge is -2.43. The lowest BCUT2D eigenvalue weighted by atomic mass is 9.63. The Kier molecular flexibility index (Phi) is 6.04. The molecule has 4 heteroatoms. The Morgan fingerprint density at radius 3 is 2.62 bits per heavy atom. The number of thioether (sulfide) groups is 1. The first-order chi connectivity index (χ1) is 19.8. The number of hydrogen-bond acceptors (Lipinski definition) is 4. The van der Waals surface area contributed by atoms with Gasteiger partial charge in [-0.05, 0) is 59.9 Å². The fourth-order valence-electron chi connectivity index (χ4n) is 6.65. The van der Waals surface area contributed by atoms with Crippen molar-refractivity contribution in [3.63, 3.8) is 0 Å². The van der Waals surface area contributed by atoms with E-state index in [0.717, 1.165) is 23.4 Å². The molecule has 194 valence electrons. The molecule has 0 saturated carbocycles. The van der Waals surface area contributed by atoms with Crippen molar-refractivity contribution in [1.29, 1.82) is 0 Å². The van der Waals surface area contributed by atoms with Crippen molar-refractivity contribution in [2.24, 2.45) is 28.7 Å². The zero-order valence-corrected chi connectivity index (χ0v) is 23.6. The fraction of sp³-hybridized carbons (Fsp3) is 0.167. The smallest absolute Gasteiger partial charge is 0.124 e. The number of aromatic nitrogens is 1. The highest BCUT2D eigenvalue weighted by molar-refractivity contribution is 8.03. The first-order valence-corrected chi connectivity index (χ1v) is 15.7. The van der Waals surface area contributed by atoms with Crippen LogP contribution in [0.4, 0.5) is 0 Å². The number of rotatable bonds is 4. The third-order valence-corrected chi connectivity index (χ3v) is 10.7. The van der Waals surface area contributed by atoms with Gasteiger partial charge >= 0.3 is 0 Å². The molecule has 2 aromatic carbocycles. The van der Waals surface area contributed by atoms with Gasteiger partial charge in [0.05, 0.1) is 10.2 Å². The van der Waals surface area contributed by atoms with Gasteiger partial charge in [0.15, 0.2) is 0 Å². The molecule has 0 spiro atoms. The molecule has 4 unspecified atom stereocenters. The third-order valence-electron chi connectivity index (χ3n) is 8.50. The van der Waals surface area contributed by atoms with Gasteiger partial charge in [-0.3, -0.25) is 4.99 Å². The van der Waals surface area contributed by atoms with E-state index in [4.69, 9.17) is 4.98 Å². The highest BCUT2D eigenvalue weighted by Crippen LogP contribution is 2.54. The molecule has 2 heterocycles. The molecule has 0 N–H and O–H groups in total. The number of thiazole rings is 1. The second kappa shape index (κ2) is 10.0. The molecule has 8 rings (SSSR count). The number of para-hydroxylation sites is 1. The number of fused-ring (bicyclic) bond motifs is 4. The molecule has 0 saturated heterocycles. The second-order valence-corrected chi connectivity index (χ2v) is 12.9. The van der Waals surface area contributed by atoms with Crippen molar-refractivity contribution in [1.82, 2.24) is 4.98 Å². The van der Waals surface area contributed by atoms with Crippen molar-refractivity contribution in [3.05, 3.63) is 143 Å². The largest absolute Gasteiger partial charge is 0.268 e. The molecule has 4 atom stereocenters. The number of aliphatic imine (C=N–C) groups is 1. The average molecular weight is 553 g/mol. The van der Waals surface area contributed by atoms with Crippen LogP contribution in [-0.2, 0) is 0 Å². The standard InChI is InChI=1S/C36H28N2S2/c1-2-10-26-23(8-1)9-7-13-27(26)34-28-11-3-4-12-29(28)35(30-20-21-37-22-31(30)34)39-25-18-16-24(17-19-25)36-38-32-14-5-6-15-33(32)40-36/h1-2,5-23,26,31,34H,3-4H2. The topological polar surface area (TPSA) is 25.2 Å². The highest BCUT2D eigenvalue weighted by atomic mass is 32.2. The van der Waals surface area contributed by atoms with E-state index in [9.17, 15) is 0 Å². The first-order valence-electron chi connectivity index (χ1n) is 14.1. The van der Waals surface area contributed by atoms with E-state index >= 15 is 0 Å². The molecule has 2 nitrogen and oxygen atoms in total. The van der Waals surface area contributed by atoms with E-state index in [1.807, 2.05) is 18.0 Å². The number of allylic oxidation sites excluding steroid dienone is 14. The van der Waals surface area contributed by atoms with Crippen LogP contribution in [0.1, 0.15) is 12.8 Å². The predicted octanol–water partition coefficient (Wildman–Crippen LogP) is 9.65. The van der Waals surface area contributed by atoms with E-state index in [2.05, 4.69) is 120 Å². The molecule has 40 heavy (non-hydrogen) atoms. The Hall–Kier alpha value is -3.73. The van der Waals surface area contributed by atoms with Gasteiger partial charge in [0, 0.05) is 51.5 Å². The summed E-state index contributed by atoms with van der Waals surface area (Å²) in [4.78, 5) is 12.2. The molecular formula is C36H28N2S2. The van der Waals surface area contributed by atoms with Crippen LogP contribution in [-0.4, -0.2) is 11.2 Å². The molecule has 1 aliphatic heterocycles. The zero-order chi connectivity index (χ0) is 26.5. The number of hydrogen-bond donors (Lipinski definition) is 0. The van der Waals surface area contributed by atoms with Gasteiger partial charge in [-0.1, -0.05) is 96.3 Å². The quantitative estimate of drug-likeness (QED) is 0.322. The van der Waals surface area contributed by atoms with Gasteiger partial charge in [0.25, 0.3) is 0 Å². The SMILES string of the molecule is C1=CC2C=CC=C(C3C4=CCCC=C4C(Sc4ccc(-c5nc6ccccc6s5)cc4)=C4C=CN=CC43)C2C=C1. The first kappa shape index (κ1) is 24.1. The third kappa shape index (κ3) is 4.09. The fourth-order valence-corrected chi connectivity index (χ4v) is 8.76. The second-order valence-electron chi connectivity index (χ2n) is 10.8. The van der Waals surface area contributed by atoms with Crippen LogP contribution in [0.5, 0.6) is 0 Å². The van der Waals surface area contributed by atoms with Gasteiger partial charge in [-0.15, -0.1) is 11.3 Å². The van der Waals surface area contributed by atoms with Crippen molar-refractivity contribution in [2.45, 2.75) is 17.7 Å². The minimum absolute atomic E-state index is 0.244. The summed E-state index contributed by atoms with van der Waals surface area (Å²) in [6.07, 6.45) is 29.7. The van der Waals surface area contributed by atoms with Crippen LogP contribution in [0.25, 0.3) is 20.8 Å². The maximum Gasteiger partial charge on any atom is 0.124 e. The maximum atomic E-state index is 4.86. The molecule has 0 fully saturated rings. The van der Waals surface area contributed by atoms with Gasteiger partial charge in [0.2, 0.25) is 0 Å². The zero-order valence-electron chi connectivity index (χ0n) is 22.0. The summed E-state index contributed by atoms with van der Waals surface area (Å²) >= 11 is 3.65. The van der Waals surface area contributed by atoms with E-state index in [1.165, 1.54) is 42.4 Å². The summed E-state index contributed by atoms with van der Waals surface area (Å²) in [5.41, 5.74) is 8.06. The molecular weight excluding hydrogens is 525 g/mol. The molecule has 0 radical (unpaired) electrons. The minimum atomic E-state index is 0.244. The van der Waals surface area contributed by atoms with Gasteiger partial charge in [0.1, 0.15) is 5.01 Å². The Labute approximate surface area is 243 Å². The van der Waals surface area contributed by atoms with E-state index in [0.29, 0.717) is 17.8 Å². The summed E-state index contributed by atoms with van der Waals surface area (Å²) in [5, 5.41) is 1.08. The van der Waals surface area contributed by atoms with Gasteiger partial charge in [-0.25, -0.2) is 4.98 Å². The summed E-state index contributed by atoms with van der Waals surface area (Å²) in [5.74, 6) is 1.41. The summed E-state index contributed by atoms with van der Waals surface area (Å²) in [6.45, 7) is 0. The Balaban J connectivity index is 1.16. The van der Waals surface area contributed by atoms with E-state index < -0.39 is 0 Å². The molecule has 0 bridgehead atoms. The molecule has 0 amide bonds. The van der Waals surface area contributed by atoms with Crippen LogP contribution in [0.2, 0.25) is 0 Å². The Bertz CT molecular complexity index is 1750. The maximum absolute atomic E-state index is 4.86. The lowest BCUT2D eigenvalue weighted by molar-refractivity contribution is 0.503. The van der Waals surface area contributed by atoms with Crippen molar-refractivity contribution < 1.29 is 0 Å². The minimum Gasteiger partial charge on any atom is -0.268 e. The number of benzene rings is 2. The number of nitrogens with zero attached hydrogens (tertiary/aromatic N) is 2. The summed E-state index contributed by atoms with van der Waals surface area (Å²) in [6, 6.07) is 17.3. The van der Waals surface area contributed by atoms with Crippen molar-refractivity contribution in [3.8, 4) is 10.6 Å². The molecule has 1 aromatic heterocycles. The van der Waals surface area contributed by atoms with Crippen molar-refractivity contribution >= 4 is 39.5 Å². The summed E-state index contributed by atoms with van der Waals surface area (Å²) in [7, 11) is 0. The van der Waals surface area contributed by atoms with E-state index in [-0.39, 0.29) is 5.92 Å². The van der Waals surface area contributed by atoms with Gasteiger partial charge < -0.3 is 0 Å². The monoisotopic (exact) mass is 552 g/mol. The molecule has 3 aromatic rings. The molecule has 4 aliphatic carbocycles. The van der Waals surface area contributed by atoms with Crippen LogP contribution < -0.4 is 0 Å². The van der Waals surface area contributed by atoms with Crippen LogP contribution >= 0.6 is 23.1 Å². The molecule has 5 aliphatic rings. The Morgan fingerprint density at radius 1 is 0.850 bits per heavy atom. The van der Waals surface area contributed by atoms with Crippen LogP contribution in [0.3, 0.4) is 0 Å². The van der Waals surface area contributed by atoms with E-state index in [1.54, 1.807) is 11.3 Å². The highest BCUT2D eigenvalue weighted by Gasteiger charge is 2.42. The Morgan fingerprint density at radius 2 is 1.70 bits per heavy atom. The van der Waals surface area contributed by atoms with Gasteiger partial charge in [-0.2, -0.15) is 0 Å². The lowest BCUT2D eigenvalue weighted by Crippen LogP contribution is -2.33. The average Bonchev–Trinajstić information content (AvgIpc) is 3.46. The van der Waals surface area contributed by atoms with Crippen LogP contribution in [0.15, 0.2) is 153 Å². The predicted molar refractivity (Wildman–Crippen MR) is 170 cm³/mol. The van der Waals surface area contributed by atoms with Crippen LogP contribution in [0, 0.1) is 23.7 Å². The van der Waals surface area contributed by atoms with Crippen molar-refractivity contribution in [2.75, 3.05) is 0 Å².